The Hall–Kier alpha value is -1.94. The smallest absolute Gasteiger partial charge is 0.462 e. The first kappa shape index (κ1) is 85.1. The molecule has 87 heavy (non-hydrogen) atoms. The van der Waals surface area contributed by atoms with Crippen LogP contribution in [0, 0.1) is 5.92 Å². The van der Waals surface area contributed by atoms with Crippen LogP contribution < -0.4 is 0 Å². The molecule has 0 aromatic rings. The van der Waals surface area contributed by atoms with Crippen LogP contribution in [0.1, 0.15) is 349 Å². The Balaban J connectivity index is 5.16. The number of hydrogen-bond acceptors (Lipinski definition) is 15. The molecule has 0 aliphatic heterocycles. The molecule has 0 aliphatic rings. The molecule has 17 nitrogen and oxygen atoms in total. The quantitative estimate of drug-likeness (QED) is 0.0222. The highest BCUT2D eigenvalue weighted by atomic mass is 31.2. The molecular formula is C68H132O17P2. The second kappa shape index (κ2) is 61.6. The molecule has 0 bridgehead atoms. The van der Waals surface area contributed by atoms with Crippen molar-refractivity contribution in [2.45, 2.75) is 368 Å². The van der Waals surface area contributed by atoms with E-state index in [1.807, 2.05) is 0 Å². The van der Waals surface area contributed by atoms with Crippen molar-refractivity contribution >= 4 is 39.5 Å². The largest absolute Gasteiger partial charge is 0.472 e. The molecule has 3 N–H and O–H groups in total. The molecule has 0 aliphatic carbocycles. The average Bonchev–Trinajstić information content (AvgIpc) is 3.50. The predicted molar refractivity (Wildman–Crippen MR) is 349 cm³/mol. The Kier molecular flexibility index (Phi) is 60.2. The number of carbonyl (C=O) groups excluding carboxylic acids is 4. The number of aliphatic hydroxyl groups is 1. The zero-order valence-corrected chi connectivity index (χ0v) is 57.9. The lowest BCUT2D eigenvalue weighted by Gasteiger charge is -2.21. The first-order valence-electron chi connectivity index (χ1n) is 35.6. The van der Waals surface area contributed by atoms with Gasteiger partial charge in [-0.25, -0.2) is 9.13 Å². The maximum absolute atomic E-state index is 13.0. The van der Waals surface area contributed by atoms with E-state index in [0.29, 0.717) is 25.7 Å². The van der Waals surface area contributed by atoms with Crippen LogP contribution in [0.5, 0.6) is 0 Å². The first-order chi connectivity index (χ1) is 42.0. The van der Waals surface area contributed by atoms with E-state index < -0.39 is 97.5 Å². The van der Waals surface area contributed by atoms with Gasteiger partial charge in [-0.1, -0.05) is 298 Å². The topological polar surface area (TPSA) is 237 Å². The Morgan fingerprint density at radius 3 is 0.782 bits per heavy atom. The maximum Gasteiger partial charge on any atom is 0.472 e. The molecule has 0 rings (SSSR count). The Morgan fingerprint density at radius 2 is 0.529 bits per heavy atom. The highest BCUT2D eigenvalue weighted by molar-refractivity contribution is 7.47. The van der Waals surface area contributed by atoms with E-state index in [-0.39, 0.29) is 25.7 Å². The van der Waals surface area contributed by atoms with Crippen LogP contribution in [0.3, 0.4) is 0 Å². The van der Waals surface area contributed by atoms with Crippen molar-refractivity contribution in [3.05, 3.63) is 0 Å². The number of unbranched alkanes of at least 4 members (excludes halogenated alkanes) is 40. The van der Waals surface area contributed by atoms with Crippen molar-refractivity contribution < 1.29 is 80.2 Å². The molecule has 5 atom stereocenters. The summed E-state index contributed by atoms with van der Waals surface area (Å²) in [5, 5.41) is 10.5. The first-order valence-corrected chi connectivity index (χ1v) is 38.6. The van der Waals surface area contributed by atoms with Gasteiger partial charge in [0.05, 0.1) is 26.4 Å². The molecule has 0 saturated heterocycles. The van der Waals surface area contributed by atoms with E-state index >= 15 is 0 Å². The highest BCUT2D eigenvalue weighted by Crippen LogP contribution is 2.45. The molecule has 0 spiro atoms. The van der Waals surface area contributed by atoms with Gasteiger partial charge in [0.2, 0.25) is 0 Å². The average molecular weight is 1280 g/mol. The van der Waals surface area contributed by atoms with Crippen LogP contribution in [-0.2, 0) is 65.4 Å². The molecule has 516 valence electrons. The number of phosphoric acid groups is 2. The van der Waals surface area contributed by atoms with E-state index in [9.17, 15) is 43.2 Å². The normalized spacial score (nSPS) is 14.1. The summed E-state index contributed by atoms with van der Waals surface area (Å²) in [7, 11) is -9.88. The number of carbonyl (C=O) groups is 4. The summed E-state index contributed by atoms with van der Waals surface area (Å²) in [6.45, 7) is 7.16. The zero-order valence-electron chi connectivity index (χ0n) is 56.2. The molecule has 0 radical (unpaired) electrons. The van der Waals surface area contributed by atoms with Crippen molar-refractivity contribution in [1.29, 1.82) is 0 Å². The lowest BCUT2D eigenvalue weighted by molar-refractivity contribution is -0.161. The van der Waals surface area contributed by atoms with Crippen LogP contribution in [0.15, 0.2) is 0 Å². The molecule has 2 unspecified atom stereocenters. The van der Waals surface area contributed by atoms with Crippen molar-refractivity contribution in [2.24, 2.45) is 5.92 Å². The van der Waals surface area contributed by atoms with Gasteiger partial charge in [0, 0.05) is 25.7 Å². The summed E-state index contributed by atoms with van der Waals surface area (Å²) >= 11 is 0. The van der Waals surface area contributed by atoms with Crippen molar-refractivity contribution in [3.63, 3.8) is 0 Å². The van der Waals surface area contributed by atoms with E-state index in [1.54, 1.807) is 0 Å². The molecule has 0 heterocycles. The van der Waals surface area contributed by atoms with Crippen molar-refractivity contribution in [3.8, 4) is 0 Å². The second-order valence-corrected chi connectivity index (χ2v) is 27.9. The lowest BCUT2D eigenvalue weighted by atomic mass is 10.0. The molecule has 19 heteroatoms. The molecule has 0 aromatic heterocycles. The number of aliphatic hydroxyl groups excluding tert-OH is 1. The zero-order chi connectivity index (χ0) is 64.2. The van der Waals surface area contributed by atoms with Gasteiger partial charge in [-0.2, -0.15) is 0 Å². The molecule has 0 amide bonds. The molecule has 0 fully saturated rings. The lowest BCUT2D eigenvalue weighted by Crippen LogP contribution is -2.30. The molecule has 0 aromatic carbocycles. The Morgan fingerprint density at radius 1 is 0.310 bits per heavy atom. The number of esters is 4. The van der Waals surface area contributed by atoms with Crippen molar-refractivity contribution in [1.82, 2.24) is 0 Å². The summed E-state index contributed by atoms with van der Waals surface area (Å²) in [5.41, 5.74) is 0. The van der Waals surface area contributed by atoms with E-state index in [1.165, 1.54) is 167 Å². The van der Waals surface area contributed by atoms with Gasteiger partial charge < -0.3 is 33.8 Å². The van der Waals surface area contributed by atoms with E-state index in [2.05, 4.69) is 34.6 Å². The van der Waals surface area contributed by atoms with Crippen LogP contribution >= 0.6 is 15.6 Å². The van der Waals surface area contributed by atoms with Gasteiger partial charge in [0.1, 0.15) is 19.3 Å². The molecule has 0 saturated carbocycles. The third-order valence-electron chi connectivity index (χ3n) is 15.8. The van der Waals surface area contributed by atoms with E-state index in [0.717, 1.165) is 102 Å². The monoisotopic (exact) mass is 1280 g/mol. The third-order valence-corrected chi connectivity index (χ3v) is 17.7. The van der Waals surface area contributed by atoms with Gasteiger partial charge in [-0.05, 0) is 31.6 Å². The number of hydrogen-bond donors (Lipinski definition) is 3. The third kappa shape index (κ3) is 62.6. The summed E-state index contributed by atoms with van der Waals surface area (Å²) < 4.78 is 68.0. The van der Waals surface area contributed by atoms with Crippen LogP contribution in [0.2, 0.25) is 0 Å². The van der Waals surface area contributed by atoms with Crippen LogP contribution in [0.4, 0.5) is 0 Å². The Labute approximate surface area is 530 Å². The second-order valence-electron chi connectivity index (χ2n) is 25.0. The fourth-order valence-corrected chi connectivity index (χ4v) is 11.9. The van der Waals surface area contributed by atoms with Gasteiger partial charge >= 0.3 is 39.5 Å². The van der Waals surface area contributed by atoms with Crippen molar-refractivity contribution in [2.75, 3.05) is 39.6 Å². The predicted octanol–water partition coefficient (Wildman–Crippen LogP) is 19.4. The standard InChI is InChI=1S/C68H132O17P2/c1-6-9-12-15-17-19-21-22-23-26-30-33-37-42-47-52-66(71)79-58-64(85-68(73)54-49-44-39-35-31-27-24-25-29-32-36-41-45-50-61(4)5)60-83-87(76,77)81-56-62(69)55-80-86(74,75)82-59-63(57-78-65(70)51-46-40-14-11-8-3)84-67(72)53-48-43-38-34-28-20-18-16-13-10-7-2/h61-64,69H,6-60H2,1-5H3,(H,74,75)(H,76,77)/t62-,63+,64+/m0/s1. The van der Waals surface area contributed by atoms with Gasteiger partial charge in [0.25, 0.3) is 0 Å². The van der Waals surface area contributed by atoms with Gasteiger partial charge in [0.15, 0.2) is 12.2 Å². The van der Waals surface area contributed by atoms with Gasteiger partial charge in [-0.15, -0.1) is 0 Å². The Bertz CT molecular complexity index is 1690. The van der Waals surface area contributed by atoms with Gasteiger partial charge in [-0.3, -0.25) is 37.3 Å². The minimum atomic E-state index is -4.95. The fourth-order valence-electron chi connectivity index (χ4n) is 10.3. The fraction of sp³-hybridized carbons (Fsp3) is 0.941. The van der Waals surface area contributed by atoms with Crippen LogP contribution in [-0.4, -0.2) is 96.7 Å². The molecular weight excluding hydrogens is 1150 g/mol. The summed E-state index contributed by atoms with van der Waals surface area (Å²) in [5.74, 6) is -1.35. The minimum Gasteiger partial charge on any atom is -0.462 e. The highest BCUT2D eigenvalue weighted by Gasteiger charge is 2.30. The minimum absolute atomic E-state index is 0.106. The summed E-state index contributed by atoms with van der Waals surface area (Å²) in [6.07, 6.45) is 47.5. The summed E-state index contributed by atoms with van der Waals surface area (Å²) in [6, 6.07) is 0. The number of ether oxygens (including phenoxy) is 4. The maximum atomic E-state index is 13.0. The summed E-state index contributed by atoms with van der Waals surface area (Å²) in [4.78, 5) is 72.2. The SMILES string of the molecule is CCCCCCCCCCCCCCCCCC(=O)OC[C@H](COP(=O)(O)OC[C@@H](O)COP(=O)(O)OC[C@@H](COC(=O)CCCCCCC)OC(=O)CCCCCCCCCCCCC)OC(=O)CCCCCCCCCCCCCCCC(C)C. The van der Waals surface area contributed by atoms with E-state index in [4.69, 9.17) is 37.0 Å². The number of rotatable bonds is 68. The number of phosphoric ester groups is 2. The van der Waals surface area contributed by atoms with Crippen LogP contribution in [0.25, 0.3) is 0 Å².